The first-order valence-corrected chi connectivity index (χ1v) is 6.46. The number of hydrogen-bond donors (Lipinski definition) is 1. The Hall–Kier alpha value is -1.96. The van der Waals surface area contributed by atoms with E-state index in [1.165, 1.54) is 22.3 Å². The number of benzene rings is 2. The average molecular weight is 256 g/mol. The number of hydrogen-bond acceptors (Lipinski definition) is 2. The normalized spacial score (nSPS) is 10.5. The van der Waals surface area contributed by atoms with Crippen LogP contribution in [0.5, 0.6) is 11.5 Å². The van der Waals surface area contributed by atoms with Crippen LogP contribution in [0.3, 0.4) is 0 Å². The number of phenolic OH excluding ortho intramolecular Hbond substituents is 1. The summed E-state index contributed by atoms with van der Waals surface area (Å²) in [7, 11) is 0. The Bertz CT molecular complexity index is 557. The van der Waals surface area contributed by atoms with Gasteiger partial charge in [0.25, 0.3) is 0 Å². The summed E-state index contributed by atoms with van der Waals surface area (Å²) in [6, 6.07) is 9.62. The van der Waals surface area contributed by atoms with Crippen LogP contribution >= 0.6 is 0 Å². The second kappa shape index (κ2) is 5.35. The summed E-state index contributed by atoms with van der Waals surface area (Å²) in [6.07, 6.45) is 0. The lowest BCUT2D eigenvalue weighted by Crippen LogP contribution is -2.01. The molecule has 1 N–H and O–H groups in total. The third-order valence-corrected chi connectivity index (χ3v) is 3.26. The molecule has 0 radical (unpaired) electrons. The molecule has 0 saturated carbocycles. The highest BCUT2D eigenvalue weighted by Crippen LogP contribution is 2.24. The second-order valence-corrected chi connectivity index (χ2v) is 5.17. The van der Waals surface area contributed by atoms with Crippen LogP contribution < -0.4 is 4.74 Å². The van der Waals surface area contributed by atoms with Crippen LogP contribution in [0.15, 0.2) is 30.3 Å². The van der Waals surface area contributed by atoms with E-state index in [2.05, 4.69) is 32.9 Å². The first kappa shape index (κ1) is 13.5. The topological polar surface area (TPSA) is 29.5 Å². The van der Waals surface area contributed by atoms with Gasteiger partial charge in [0.05, 0.1) is 0 Å². The molecule has 0 fully saturated rings. The lowest BCUT2D eigenvalue weighted by molar-refractivity contribution is 0.302. The summed E-state index contributed by atoms with van der Waals surface area (Å²) in [4.78, 5) is 0. The van der Waals surface area contributed by atoms with Gasteiger partial charge in [-0.2, -0.15) is 0 Å². The van der Waals surface area contributed by atoms with E-state index in [0.29, 0.717) is 12.4 Å². The summed E-state index contributed by atoms with van der Waals surface area (Å²) in [5.41, 5.74) is 5.97. The van der Waals surface area contributed by atoms with Crippen LogP contribution in [-0.2, 0) is 6.61 Å². The fourth-order valence-electron chi connectivity index (χ4n) is 2.40. The Labute approximate surface area is 114 Å². The second-order valence-electron chi connectivity index (χ2n) is 5.17. The molecule has 0 spiro atoms. The minimum Gasteiger partial charge on any atom is -0.508 e. The third kappa shape index (κ3) is 3.28. The van der Waals surface area contributed by atoms with Gasteiger partial charge in [-0.15, -0.1) is 0 Å². The minimum atomic E-state index is 0.243. The van der Waals surface area contributed by atoms with Gasteiger partial charge in [0, 0.05) is 6.07 Å². The maximum Gasteiger partial charge on any atom is 0.123 e. The molecule has 2 rings (SSSR count). The molecule has 0 atom stereocenters. The highest BCUT2D eigenvalue weighted by Gasteiger charge is 2.05. The van der Waals surface area contributed by atoms with Crippen LogP contribution in [0.25, 0.3) is 0 Å². The van der Waals surface area contributed by atoms with Gasteiger partial charge in [0.15, 0.2) is 0 Å². The number of rotatable bonds is 3. The van der Waals surface area contributed by atoms with Crippen molar-refractivity contribution in [3.05, 3.63) is 58.1 Å². The van der Waals surface area contributed by atoms with Crippen molar-refractivity contribution >= 4 is 0 Å². The van der Waals surface area contributed by atoms with Crippen LogP contribution in [0.2, 0.25) is 0 Å². The summed E-state index contributed by atoms with van der Waals surface area (Å²) in [6.45, 7) is 8.78. The first-order valence-electron chi connectivity index (χ1n) is 6.46. The van der Waals surface area contributed by atoms with Gasteiger partial charge in [-0.05, 0) is 62.1 Å². The molecule has 2 aromatic carbocycles. The molecule has 100 valence electrons. The molecule has 0 aliphatic rings. The number of aryl methyl sites for hydroxylation is 4. The Morgan fingerprint density at radius 1 is 0.842 bits per heavy atom. The zero-order valence-corrected chi connectivity index (χ0v) is 11.9. The van der Waals surface area contributed by atoms with Crippen LogP contribution in [0.4, 0.5) is 0 Å². The predicted molar refractivity (Wildman–Crippen MR) is 77.8 cm³/mol. The Morgan fingerprint density at radius 3 is 2.00 bits per heavy atom. The Morgan fingerprint density at radius 2 is 1.42 bits per heavy atom. The highest BCUT2D eigenvalue weighted by molar-refractivity contribution is 5.39. The summed E-state index contributed by atoms with van der Waals surface area (Å²) >= 11 is 0. The Kier molecular flexibility index (Phi) is 3.79. The zero-order chi connectivity index (χ0) is 14.0. The average Bonchev–Trinajstić information content (AvgIpc) is 2.25. The molecule has 2 heteroatoms. The van der Waals surface area contributed by atoms with E-state index < -0.39 is 0 Å². The van der Waals surface area contributed by atoms with E-state index in [0.717, 1.165) is 5.56 Å². The monoisotopic (exact) mass is 256 g/mol. The van der Waals surface area contributed by atoms with Gasteiger partial charge >= 0.3 is 0 Å². The van der Waals surface area contributed by atoms with Gasteiger partial charge < -0.3 is 9.84 Å². The van der Waals surface area contributed by atoms with Crippen molar-refractivity contribution in [1.82, 2.24) is 0 Å². The van der Waals surface area contributed by atoms with E-state index in [1.807, 2.05) is 13.0 Å². The van der Waals surface area contributed by atoms with E-state index in [4.69, 9.17) is 4.74 Å². The maximum atomic E-state index is 9.56. The zero-order valence-electron chi connectivity index (χ0n) is 11.9. The fraction of sp³-hybridized carbons (Fsp3) is 0.294. The first-order chi connectivity index (χ1) is 8.95. The fourth-order valence-corrected chi connectivity index (χ4v) is 2.40. The largest absolute Gasteiger partial charge is 0.508 e. The molecular formula is C17H20O2. The molecule has 0 saturated heterocycles. The lowest BCUT2D eigenvalue weighted by Gasteiger charge is -2.13. The van der Waals surface area contributed by atoms with Crippen molar-refractivity contribution in [1.29, 1.82) is 0 Å². The van der Waals surface area contributed by atoms with Crippen molar-refractivity contribution in [3.8, 4) is 11.5 Å². The van der Waals surface area contributed by atoms with Gasteiger partial charge in [0.1, 0.15) is 18.1 Å². The van der Waals surface area contributed by atoms with Crippen molar-refractivity contribution in [2.45, 2.75) is 34.3 Å². The summed E-state index contributed by atoms with van der Waals surface area (Å²) < 4.78 is 5.80. The molecule has 0 heterocycles. The molecular weight excluding hydrogens is 236 g/mol. The van der Waals surface area contributed by atoms with Crippen molar-refractivity contribution < 1.29 is 9.84 Å². The third-order valence-electron chi connectivity index (χ3n) is 3.26. The van der Waals surface area contributed by atoms with Gasteiger partial charge in [-0.1, -0.05) is 17.7 Å². The molecule has 0 amide bonds. The van der Waals surface area contributed by atoms with Crippen molar-refractivity contribution in [3.63, 3.8) is 0 Å². The molecule has 0 bridgehead atoms. The number of ether oxygens (including phenoxy) is 1. The van der Waals surface area contributed by atoms with E-state index in [-0.39, 0.29) is 5.75 Å². The molecule has 2 aromatic rings. The predicted octanol–water partition coefficient (Wildman–Crippen LogP) is 4.20. The van der Waals surface area contributed by atoms with Crippen LogP contribution in [0.1, 0.15) is 27.8 Å². The number of phenols is 1. The van der Waals surface area contributed by atoms with Crippen molar-refractivity contribution in [2.24, 2.45) is 0 Å². The van der Waals surface area contributed by atoms with E-state index in [9.17, 15) is 5.11 Å². The van der Waals surface area contributed by atoms with Gasteiger partial charge in [-0.3, -0.25) is 0 Å². The van der Waals surface area contributed by atoms with E-state index in [1.54, 1.807) is 12.1 Å². The molecule has 0 aliphatic carbocycles. The van der Waals surface area contributed by atoms with E-state index >= 15 is 0 Å². The minimum absolute atomic E-state index is 0.243. The SMILES string of the molecule is Cc1cc(O)cc(OCc2c(C)cc(C)cc2C)c1. The molecule has 0 aromatic heterocycles. The molecule has 0 aliphatic heterocycles. The van der Waals surface area contributed by atoms with Crippen molar-refractivity contribution in [2.75, 3.05) is 0 Å². The molecule has 2 nitrogen and oxygen atoms in total. The van der Waals surface area contributed by atoms with Gasteiger partial charge in [0.2, 0.25) is 0 Å². The molecule has 0 unspecified atom stereocenters. The lowest BCUT2D eigenvalue weighted by atomic mass is 10.0. The quantitative estimate of drug-likeness (QED) is 0.891. The summed E-state index contributed by atoms with van der Waals surface area (Å²) in [5, 5.41) is 9.56. The number of aromatic hydroxyl groups is 1. The molecule has 19 heavy (non-hydrogen) atoms. The highest BCUT2D eigenvalue weighted by atomic mass is 16.5. The standard InChI is InChI=1S/C17H20O2/c1-11-5-13(3)17(14(4)6-11)10-19-16-8-12(2)7-15(18)9-16/h5-9,18H,10H2,1-4H3. The van der Waals surface area contributed by atoms with Crippen LogP contribution in [-0.4, -0.2) is 5.11 Å². The summed E-state index contributed by atoms with van der Waals surface area (Å²) in [5.74, 6) is 0.948. The Balaban J connectivity index is 2.19. The van der Waals surface area contributed by atoms with Gasteiger partial charge in [-0.25, -0.2) is 0 Å². The smallest absolute Gasteiger partial charge is 0.123 e. The maximum absolute atomic E-state index is 9.56. The van der Waals surface area contributed by atoms with Crippen LogP contribution in [0, 0.1) is 27.7 Å².